The Bertz CT molecular complexity index is 594. The van der Waals surface area contributed by atoms with Crippen LogP contribution in [0.15, 0.2) is 30.3 Å². The van der Waals surface area contributed by atoms with Gasteiger partial charge in [-0.1, -0.05) is 57.5 Å². The molecule has 0 saturated heterocycles. The third kappa shape index (κ3) is 6.82. The Morgan fingerprint density at radius 2 is 1.89 bits per heavy atom. The molecule has 27 heavy (non-hydrogen) atoms. The molecule has 0 bridgehead atoms. The van der Waals surface area contributed by atoms with E-state index in [9.17, 15) is 9.59 Å². The number of esters is 1. The molecule has 0 unspecified atom stereocenters. The van der Waals surface area contributed by atoms with Crippen LogP contribution in [-0.4, -0.2) is 25.0 Å². The van der Waals surface area contributed by atoms with Crippen LogP contribution < -0.4 is 11.1 Å². The lowest BCUT2D eigenvalue weighted by Gasteiger charge is -2.36. The minimum Gasteiger partial charge on any atom is -0.455 e. The third-order valence-corrected chi connectivity index (χ3v) is 5.43. The van der Waals surface area contributed by atoms with Crippen LogP contribution in [0.5, 0.6) is 0 Å². The average molecular weight is 397 g/mol. The summed E-state index contributed by atoms with van der Waals surface area (Å²) in [6.07, 6.45) is 2.69. The summed E-state index contributed by atoms with van der Waals surface area (Å²) in [5.41, 5.74) is 6.23. The van der Waals surface area contributed by atoms with Crippen molar-refractivity contribution >= 4 is 24.3 Å². The highest BCUT2D eigenvalue weighted by Gasteiger charge is 2.35. The summed E-state index contributed by atoms with van der Waals surface area (Å²) in [5.74, 6) is 1.09. The number of halogens is 1. The number of nitrogens with two attached hydrogens (primary N) is 1. The number of amides is 1. The molecule has 1 saturated carbocycles. The van der Waals surface area contributed by atoms with Crippen LogP contribution in [0.1, 0.15) is 51.7 Å². The molecule has 1 aliphatic rings. The van der Waals surface area contributed by atoms with E-state index >= 15 is 0 Å². The smallest absolute Gasteiger partial charge is 0.320 e. The van der Waals surface area contributed by atoms with Crippen molar-refractivity contribution in [2.24, 2.45) is 29.4 Å². The van der Waals surface area contributed by atoms with Crippen LogP contribution in [0.3, 0.4) is 0 Å². The van der Waals surface area contributed by atoms with Gasteiger partial charge in [0.1, 0.15) is 6.10 Å². The van der Waals surface area contributed by atoms with Gasteiger partial charge >= 0.3 is 5.97 Å². The van der Waals surface area contributed by atoms with Gasteiger partial charge in [-0.2, -0.15) is 0 Å². The summed E-state index contributed by atoms with van der Waals surface area (Å²) in [5, 5.41) is 3.03. The van der Waals surface area contributed by atoms with Gasteiger partial charge < -0.3 is 15.8 Å². The monoisotopic (exact) mass is 396 g/mol. The van der Waals surface area contributed by atoms with Gasteiger partial charge in [-0.15, -0.1) is 12.4 Å². The summed E-state index contributed by atoms with van der Waals surface area (Å²) in [7, 11) is 0. The Labute approximate surface area is 168 Å². The number of hydrogen-bond acceptors (Lipinski definition) is 4. The Hall–Kier alpha value is -1.59. The zero-order valence-corrected chi connectivity index (χ0v) is 17.3. The highest BCUT2D eigenvalue weighted by molar-refractivity contribution is 5.85. The number of hydrogen-bond donors (Lipinski definition) is 2. The fourth-order valence-corrected chi connectivity index (χ4v) is 3.93. The van der Waals surface area contributed by atoms with Crippen molar-refractivity contribution in [2.45, 2.75) is 46.1 Å². The van der Waals surface area contributed by atoms with E-state index in [1.165, 1.54) is 6.42 Å². The summed E-state index contributed by atoms with van der Waals surface area (Å²) in [6.45, 7) is 6.69. The van der Waals surface area contributed by atoms with Crippen molar-refractivity contribution in [3.8, 4) is 0 Å². The lowest BCUT2D eigenvalue weighted by atomic mass is 9.70. The molecule has 1 fully saturated rings. The quantitative estimate of drug-likeness (QED) is 0.691. The molecular weight excluding hydrogens is 364 g/mol. The first-order valence-electron chi connectivity index (χ1n) is 9.64. The fraction of sp³-hybridized carbons (Fsp3) is 0.619. The van der Waals surface area contributed by atoms with E-state index in [1.54, 1.807) is 0 Å². The van der Waals surface area contributed by atoms with Gasteiger partial charge in [-0.05, 0) is 36.2 Å². The lowest BCUT2D eigenvalue weighted by Crippen LogP contribution is -2.42. The molecule has 1 aromatic rings. The molecule has 1 amide bonds. The number of carbonyl (C=O) groups is 2. The Morgan fingerprint density at radius 3 is 2.48 bits per heavy atom. The molecule has 4 atom stereocenters. The highest BCUT2D eigenvalue weighted by atomic mass is 35.5. The predicted molar refractivity (Wildman–Crippen MR) is 109 cm³/mol. The van der Waals surface area contributed by atoms with Gasteiger partial charge in [0.05, 0.1) is 13.1 Å². The minimum absolute atomic E-state index is 0. The van der Waals surface area contributed by atoms with E-state index in [0.29, 0.717) is 17.8 Å². The number of carbonyl (C=O) groups excluding carboxylic acids is 2. The van der Waals surface area contributed by atoms with E-state index in [0.717, 1.165) is 18.4 Å². The van der Waals surface area contributed by atoms with Crippen LogP contribution >= 0.6 is 12.4 Å². The van der Waals surface area contributed by atoms with Crippen molar-refractivity contribution in [1.82, 2.24) is 5.32 Å². The molecule has 0 heterocycles. The van der Waals surface area contributed by atoms with E-state index in [4.69, 9.17) is 10.5 Å². The second kappa shape index (κ2) is 11.3. The molecule has 0 aliphatic heterocycles. The molecule has 2 rings (SSSR count). The maximum Gasteiger partial charge on any atom is 0.320 e. The van der Waals surface area contributed by atoms with Gasteiger partial charge in [0.25, 0.3) is 0 Å². The summed E-state index contributed by atoms with van der Waals surface area (Å²) >= 11 is 0. The first-order chi connectivity index (χ1) is 12.4. The van der Waals surface area contributed by atoms with Crippen LogP contribution in [0.4, 0.5) is 0 Å². The topological polar surface area (TPSA) is 81.4 Å². The van der Waals surface area contributed by atoms with Gasteiger partial charge in [-0.25, -0.2) is 0 Å². The van der Waals surface area contributed by atoms with Crippen molar-refractivity contribution < 1.29 is 14.3 Å². The first kappa shape index (κ1) is 23.4. The molecule has 3 N–H and O–H groups in total. The molecule has 1 aromatic carbocycles. The van der Waals surface area contributed by atoms with Gasteiger partial charge in [0.2, 0.25) is 5.91 Å². The summed E-state index contributed by atoms with van der Waals surface area (Å²) in [4.78, 5) is 24.5. The average Bonchev–Trinajstić information content (AvgIpc) is 2.64. The Balaban J connectivity index is 0.00000364. The molecule has 5 nitrogen and oxygen atoms in total. The molecule has 1 aliphatic carbocycles. The maximum atomic E-state index is 12.9. The fourth-order valence-electron chi connectivity index (χ4n) is 3.93. The van der Waals surface area contributed by atoms with E-state index in [-0.39, 0.29) is 37.3 Å². The molecule has 6 heteroatoms. The zero-order valence-electron chi connectivity index (χ0n) is 16.5. The molecular formula is C21H33ClN2O3. The normalized spacial score (nSPS) is 23.2. The predicted octanol–water partition coefficient (Wildman–Crippen LogP) is 3.48. The summed E-state index contributed by atoms with van der Waals surface area (Å²) < 4.78 is 5.44. The molecule has 0 aromatic heterocycles. The van der Waals surface area contributed by atoms with Crippen LogP contribution in [-0.2, 0) is 14.3 Å². The number of rotatable bonds is 7. The molecule has 0 spiro atoms. The second-order valence-corrected chi connectivity index (χ2v) is 7.77. The second-order valence-electron chi connectivity index (χ2n) is 7.77. The SMILES string of the molecule is CC(C)[C@@H]1CC[C@@H](C)C[C@H]1C(=O)NC[C@@H](OC(=O)CN)c1ccccc1.Cl. The maximum absolute atomic E-state index is 12.9. The van der Waals surface area contributed by atoms with Crippen molar-refractivity contribution in [3.05, 3.63) is 35.9 Å². The van der Waals surface area contributed by atoms with Crippen LogP contribution in [0.2, 0.25) is 0 Å². The Kier molecular flexibility index (Phi) is 9.81. The molecule has 0 radical (unpaired) electrons. The largest absolute Gasteiger partial charge is 0.455 e. The Morgan fingerprint density at radius 1 is 1.22 bits per heavy atom. The number of benzene rings is 1. The summed E-state index contributed by atoms with van der Waals surface area (Å²) in [6, 6.07) is 9.46. The van der Waals surface area contributed by atoms with Crippen LogP contribution in [0.25, 0.3) is 0 Å². The van der Waals surface area contributed by atoms with Gasteiger partial charge in [0.15, 0.2) is 0 Å². The molecule has 152 valence electrons. The van der Waals surface area contributed by atoms with E-state index < -0.39 is 12.1 Å². The van der Waals surface area contributed by atoms with Gasteiger partial charge in [0, 0.05) is 5.92 Å². The third-order valence-electron chi connectivity index (χ3n) is 5.43. The first-order valence-corrected chi connectivity index (χ1v) is 9.64. The van der Waals surface area contributed by atoms with E-state index in [1.807, 2.05) is 30.3 Å². The standard InChI is InChI=1S/C21H32N2O3.ClH/c1-14(2)17-10-9-15(3)11-18(17)21(25)23-13-19(26-20(24)12-22)16-7-5-4-6-8-16;/h4-8,14-15,17-19H,9-13,22H2,1-3H3,(H,23,25);1H/t15-,17+,18-,19-;/m1./s1. The van der Waals surface area contributed by atoms with Crippen molar-refractivity contribution in [3.63, 3.8) is 0 Å². The van der Waals surface area contributed by atoms with Crippen molar-refractivity contribution in [1.29, 1.82) is 0 Å². The minimum atomic E-state index is -0.519. The van der Waals surface area contributed by atoms with E-state index in [2.05, 4.69) is 26.1 Å². The highest BCUT2D eigenvalue weighted by Crippen LogP contribution is 2.38. The lowest BCUT2D eigenvalue weighted by molar-refractivity contribution is -0.148. The van der Waals surface area contributed by atoms with Gasteiger partial charge in [-0.3, -0.25) is 9.59 Å². The number of ether oxygens (including phenoxy) is 1. The van der Waals surface area contributed by atoms with Crippen LogP contribution in [0, 0.1) is 23.7 Å². The zero-order chi connectivity index (χ0) is 19.1. The number of nitrogens with one attached hydrogen (secondary N) is 1. The van der Waals surface area contributed by atoms with Crippen molar-refractivity contribution in [2.75, 3.05) is 13.1 Å².